The molecule has 0 saturated heterocycles. The van der Waals surface area contributed by atoms with Gasteiger partial charge in [-0.15, -0.1) is 0 Å². The van der Waals surface area contributed by atoms with Crippen molar-refractivity contribution in [1.29, 1.82) is 0 Å². The molecule has 0 spiro atoms. The number of hydrogen-bond donors (Lipinski definition) is 2. The van der Waals surface area contributed by atoms with E-state index in [9.17, 15) is 4.79 Å². The SMILES string of the molecule is Cn1cc(-c2cc3cccnc3[nH]2)c2cc(OCC(=O)O)ccc21. The third kappa shape index (κ3) is 2.38. The molecule has 0 bridgehead atoms. The van der Waals surface area contributed by atoms with Crippen molar-refractivity contribution in [3.8, 4) is 17.0 Å². The number of benzene rings is 1. The first-order valence-electron chi connectivity index (χ1n) is 7.49. The number of H-pyrrole nitrogens is 1. The number of nitrogens with zero attached hydrogens (tertiary/aromatic N) is 2. The minimum Gasteiger partial charge on any atom is -0.482 e. The second-order valence-corrected chi connectivity index (χ2v) is 5.64. The van der Waals surface area contributed by atoms with Gasteiger partial charge in [-0.1, -0.05) is 0 Å². The fourth-order valence-electron chi connectivity index (χ4n) is 2.92. The highest BCUT2D eigenvalue weighted by Crippen LogP contribution is 2.33. The van der Waals surface area contributed by atoms with E-state index >= 15 is 0 Å². The van der Waals surface area contributed by atoms with E-state index in [1.165, 1.54) is 0 Å². The number of aryl methyl sites for hydroxylation is 1. The molecule has 24 heavy (non-hydrogen) atoms. The first-order chi connectivity index (χ1) is 11.6. The highest BCUT2D eigenvalue weighted by Gasteiger charge is 2.12. The van der Waals surface area contributed by atoms with Gasteiger partial charge in [0.05, 0.1) is 0 Å². The second kappa shape index (κ2) is 5.42. The summed E-state index contributed by atoms with van der Waals surface area (Å²) in [5.41, 5.74) is 3.86. The summed E-state index contributed by atoms with van der Waals surface area (Å²) in [6.45, 7) is -0.357. The lowest BCUT2D eigenvalue weighted by Crippen LogP contribution is -2.09. The third-order valence-corrected chi connectivity index (χ3v) is 4.01. The van der Waals surface area contributed by atoms with Crippen molar-refractivity contribution in [2.75, 3.05) is 6.61 Å². The number of aromatic nitrogens is 3. The van der Waals surface area contributed by atoms with Gasteiger partial charge < -0.3 is 19.4 Å². The Balaban J connectivity index is 1.84. The van der Waals surface area contributed by atoms with Gasteiger partial charge >= 0.3 is 5.97 Å². The van der Waals surface area contributed by atoms with Crippen molar-refractivity contribution in [3.63, 3.8) is 0 Å². The van der Waals surface area contributed by atoms with Crippen LogP contribution < -0.4 is 4.74 Å². The summed E-state index contributed by atoms with van der Waals surface area (Å²) in [6, 6.07) is 11.5. The fraction of sp³-hybridized carbons (Fsp3) is 0.111. The van der Waals surface area contributed by atoms with Crippen molar-refractivity contribution in [3.05, 3.63) is 48.8 Å². The van der Waals surface area contributed by atoms with E-state index in [1.807, 2.05) is 42.1 Å². The lowest BCUT2D eigenvalue weighted by molar-refractivity contribution is -0.139. The molecular formula is C18H15N3O3. The predicted molar refractivity (Wildman–Crippen MR) is 91.1 cm³/mol. The van der Waals surface area contributed by atoms with Crippen LogP contribution in [0.25, 0.3) is 33.2 Å². The van der Waals surface area contributed by atoms with Crippen LogP contribution in [0.15, 0.2) is 48.8 Å². The predicted octanol–water partition coefficient (Wildman–Crippen LogP) is 3.19. The number of nitrogens with one attached hydrogen (secondary N) is 1. The van der Waals surface area contributed by atoms with Gasteiger partial charge in [0.25, 0.3) is 0 Å². The van der Waals surface area contributed by atoms with Crippen molar-refractivity contribution in [1.82, 2.24) is 14.5 Å². The number of pyridine rings is 1. The lowest BCUT2D eigenvalue weighted by Gasteiger charge is -2.04. The Morgan fingerprint density at radius 1 is 1.33 bits per heavy atom. The van der Waals surface area contributed by atoms with E-state index in [1.54, 1.807) is 12.3 Å². The maximum Gasteiger partial charge on any atom is 0.341 e. The normalized spacial score (nSPS) is 11.2. The molecule has 0 radical (unpaired) electrons. The first-order valence-corrected chi connectivity index (χ1v) is 7.49. The van der Waals surface area contributed by atoms with Crippen LogP contribution in [0.5, 0.6) is 5.75 Å². The summed E-state index contributed by atoms with van der Waals surface area (Å²) in [5, 5.41) is 10.8. The van der Waals surface area contributed by atoms with Gasteiger partial charge in [-0.25, -0.2) is 9.78 Å². The molecule has 0 saturated carbocycles. The maximum atomic E-state index is 10.7. The highest BCUT2D eigenvalue weighted by atomic mass is 16.5. The monoisotopic (exact) mass is 321 g/mol. The Labute approximate surface area is 137 Å². The Morgan fingerprint density at radius 2 is 2.21 bits per heavy atom. The summed E-state index contributed by atoms with van der Waals surface area (Å²) in [6.07, 6.45) is 3.79. The van der Waals surface area contributed by atoms with Crippen LogP contribution in [-0.2, 0) is 11.8 Å². The van der Waals surface area contributed by atoms with Gasteiger partial charge in [-0.2, -0.15) is 0 Å². The Hall–Kier alpha value is -3.28. The number of carboxylic acids is 1. The van der Waals surface area contributed by atoms with Crippen molar-refractivity contribution in [2.24, 2.45) is 7.05 Å². The molecule has 0 atom stereocenters. The van der Waals surface area contributed by atoms with E-state index in [4.69, 9.17) is 9.84 Å². The molecule has 3 heterocycles. The number of aromatic amines is 1. The summed E-state index contributed by atoms with van der Waals surface area (Å²) in [4.78, 5) is 18.3. The zero-order chi connectivity index (χ0) is 16.7. The number of rotatable bonds is 4. The summed E-state index contributed by atoms with van der Waals surface area (Å²) in [5.74, 6) is -0.461. The van der Waals surface area contributed by atoms with E-state index in [2.05, 4.69) is 16.0 Å². The second-order valence-electron chi connectivity index (χ2n) is 5.64. The minimum absolute atomic E-state index is 0.357. The number of fused-ring (bicyclic) bond motifs is 2. The van der Waals surface area contributed by atoms with Gasteiger partial charge in [0.2, 0.25) is 0 Å². The maximum absolute atomic E-state index is 10.7. The molecule has 4 aromatic rings. The molecule has 0 fully saturated rings. The van der Waals surface area contributed by atoms with Crippen molar-refractivity contribution in [2.45, 2.75) is 0 Å². The Morgan fingerprint density at radius 3 is 3.00 bits per heavy atom. The molecule has 4 rings (SSSR count). The molecule has 3 aromatic heterocycles. The average molecular weight is 321 g/mol. The molecule has 0 amide bonds. The van der Waals surface area contributed by atoms with Crippen LogP contribution in [0.1, 0.15) is 0 Å². The molecule has 1 aromatic carbocycles. The van der Waals surface area contributed by atoms with E-state index in [0.717, 1.165) is 33.2 Å². The molecule has 0 aliphatic heterocycles. The zero-order valence-corrected chi connectivity index (χ0v) is 13.0. The molecular weight excluding hydrogens is 306 g/mol. The average Bonchev–Trinajstić information content (AvgIpc) is 3.14. The third-order valence-electron chi connectivity index (χ3n) is 4.01. The topological polar surface area (TPSA) is 80.1 Å². The fourth-order valence-corrected chi connectivity index (χ4v) is 2.92. The van der Waals surface area contributed by atoms with Gasteiger partial charge in [0.1, 0.15) is 11.4 Å². The summed E-state index contributed by atoms with van der Waals surface area (Å²) in [7, 11) is 1.98. The van der Waals surface area contributed by atoms with Crippen molar-refractivity contribution >= 4 is 27.9 Å². The summed E-state index contributed by atoms with van der Waals surface area (Å²) < 4.78 is 7.34. The molecule has 2 N–H and O–H groups in total. The molecule has 120 valence electrons. The Bertz CT molecular complexity index is 1030. The Kier molecular flexibility index (Phi) is 3.23. The van der Waals surface area contributed by atoms with Crippen LogP contribution in [-0.4, -0.2) is 32.2 Å². The van der Waals surface area contributed by atoms with Gasteiger partial charge in [0, 0.05) is 47.0 Å². The largest absolute Gasteiger partial charge is 0.482 e. The number of aliphatic carboxylic acids is 1. The van der Waals surface area contributed by atoms with Crippen molar-refractivity contribution < 1.29 is 14.6 Å². The van der Waals surface area contributed by atoms with E-state index in [0.29, 0.717) is 5.75 Å². The van der Waals surface area contributed by atoms with Gasteiger partial charge in [-0.3, -0.25) is 0 Å². The first kappa shape index (κ1) is 14.3. The number of carbonyl (C=O) groups is 1. The minimum atomic E-state index is -0.995. The van der Waals surface area contributed by atoms with Gasteiger partial charge in [-0.05, 0) is 36.4 Å². The lowest BCUT2D eigenvalue weighted by atomic mass is 10.1. The van der Waals surface area contributed by atoms with E-state index < -0.39 is 5.97 Å². The van der Waals surface area contributed by atoms with Crippen LogP contribution in [0.4, 0.5) is 0 Å². The quantitative estimate of drug-likeness (QED) is 0.605. The number of ether oxygens (including phenoxy) is 1. The summed E-state index contributed by atoms with van der Waals surface area (Å²) >= 11 is 0. The van der Waals surface area contributed by atoms with Crippen LogP contribution in [0.3, 0.4) is 0 Å². The highest BCUT2D eigenvalue weighted by molar-refractivity contribution is 5.98. The zero-order valence-electron chi connectivity index (χ0n) is 13.0. The molecule has 6 heteroatoms. The number of hydrogen-bond acceptors (Lipinski definition) is 3. The molecule has 0 aliphatic rings. The molecule has 0 aliphatic carbocycles. The number of carboxylic acid groups (broad SMARTS) is 1. The van der Waals surface area contributed by atoms with E-state index in [-0.39, 0.29) is 6.61 Å². The molecule has 6 nitrogen and oxygen atoms in total. The molecule has 0 unspecified atom stereocenters. The van der Waals surface area contributed by atoms with Crippen LogP contribution in [0, 0.1) is 0 Å². The smallest absolute Gasteiger partial charge is 0.341 e. The van der Waals surface area contributed by atoms with Gasteiger partial charge in [0.15, 0.2) is 6.61 Å². The van der Waals surface area contributed by atoms with Crippen LogP contribution >= 0.6 is 0 Å². The van der Waals surface area contributed by atoms with Crippen LogP contribution in [0.2, 0.25) is 0 Å². The standard InChI is InChI=1S/C18H15N3O3/c1-21-9-14(15-7-11-3-2-6-19-18(11)20-15)13-8-12(4-5-16(13)21)24-10-17(22)23/h2-9H,10H2,1H3,(H,19,20)(H,22,23).